The highest BCUT2D eigenvalue weighted by atomic mass is 35.5. The Morgan fingerprint density at radius 2 is 2.07 bits per heavy atom. The summed E-state index contributed by atoms with van der Waals surface area (Å²) in [7, 11) is 1.13. The van der Waals surface area contributed by atoms with Gasteiger partial charge in [0, 0.05) is 6.42 Å². The summed E-state index contributed by atoms with van der Waals surface area (Å²) in [5.74, 6) is -3.71. The fourth-order valence-electron chi connectivity index (χ4n) is 1.53. The molecule has 1 rings (SSSR count). The molecule has 84 valence electrons. The van der Waals surface area contributed by atoms with Gasteiger partial charge in [0.1, 0.15) is 5.41 Å². The first-order valence-corrected chi connectivity index (χ1v) is 4.16. The fraction of sp³-hybridized carbons (Fsp3) is 0.875. The molecule has 0 bridgehead atoms. The third-order valence-corrected chi connectivity index (χ3v) is 2.48. The summed E-state index contributed by atoms with van der Waals surface area (Å²) in [4.78, 5) is 11.1. The van der Waals surface area contributed by atoms with E-state index >= 15 is 0 Å². The molecule has 0 heterocycles. The number of carbonyl (C=O) groups excluding carboxylic acids is 1. The van der Waals surface area contributed by atoms with E-state index in [1.807, 2.05) is 0 Å². The maximum absolute atomic E-state index is 12.9. The van der Waals surface area contributed by atoms with Crippen molar-refractivity contribution >= 4 is 18.4 Å². The number of hydrogen-bond acceptors (Lipinski definition) is 3. The van der Waals surface area contributed by atoms with Crippen molar-refractivity contribution in [3.63, 3.8) is 0 Å². The van der Waals surface area contributed by atoms with E-state index in [-0.39, 0.29) is 18.8 Å². The van der Waals surface area contributed by atoms with E-state index in [4.69, 9.17) is 5.73 Å². The molecule has 0 aromatic carbocycles. The molecule has 0 radical (unpaired) electrons. The lowest BCUT2D eigenvalue weighted by molar-refractivity contribution is -0.151. The molecule has 1 saturated carbocycles. The highest BCUT2D eigenvalue weighted by molar-refractivity contribution is 5.85. The topological polar surface area (TPSA) is 52.3 Å². The van der Waals surface area contributed by atoms with Crippen molar-refractivity contribution < 1.29 is 18.3 Å². The molecule has 2 N–H and O–H groups in total. The molecule has 1 aliphatic rings. The van der Waals surface area contributed by atoms with Gasteiger partial charge in [0.15, 0.2) is 0 Å². The lowest BCUT2D eigenvalue weighted by atomic mass is 10.00. The van der Waals surface area contributed by atoms with Gasteiger partial charge in [-0.2, -0.15) is 0 Å². The van der Waals surface area contributed by atoms with E-state index in [0.29, 0.717) is 13.0 Å². The summed E-state index contributed by atoms with van der Waals surface area (Å²) >= 11 is 0. The number of carbonyl (C=O) groups is 1. The Labute approximate surface area is 87.4 Å². The summed E-state index contributed by atoms with van der Waals surface area (Å²) in [6.07, 6.45) is 0.139. The Morgan fingerprint density at radius 1 is 1.57 bits per heavy atom. The second kappa shape index (κ2) is 4.40. The highest BCUT2D eigenvalue weighted by Gasteiger charge is 2.75. The molecule has 1 fully saturated rings. The van der Waals surface area contributed by atoms with Gasteiger partial charge in [-0.25, -0.2) is 8.78 Å². The molecule has 0 saturated heterocycles. The second-order valence-corrected chi connectivity index (χ2v) is 3.35. The normalized spacial score (nSPS) is 27.7. The van der Waals surface area contributed by atoms with Crippen LogP contribution in [0.1, 0.15) is 19.3 Å². The largest absolute Gasteiger partial charge is 0.468 e. The third-order valence-electron chi connectivity index (χ3n) is 2.48. The van der Waals surface area contributed by atoms with Crippen LogP contribution in [-0.4, -0.2) is 25.5 Å². The van der Waals surface area contributed by atoms with E-state index in [9.17, 15) is 13.6 Å². The standard InChI is InChI=1S/C8H13F2NO2.ClH/c1-13-6(12)7(3-2-4-11)5-8(7,9)10;/h2-5,11H2,1H3;1H. The van der Waals surface area contributed by atoms with Crippen molar-refractivity contribution in [3.8, 4) is 0 Å². The number of esters is 1. The molecule has 0 spiro atoms. The average Bonchev–Trinajstić information content (AvgIpc) is 2.65. The van der Waals surface area contributed by atoms with Gasteiger partial charge >= 0.3 is 5.97 Å². The first-order chi connectivity index (χ1) is 6.00. The van der Waals surface area contributed by atoms with Gasteiger partial charge in [-0.05, 0) is 19.4 Å². The van der Waals surface area contributed by atoms with Crippen molar-refractivity contribution in [2.45, 2.75) is 25.2 Å². The first-order valence-electron chi connectivity index (χ1n) is 4.16. The predicted molar refractivity (Wildman–Crippen MR) is 49.5 cm³/mol. The minimum absolute atomic E-state index is 0. The number of hydrogen-bond donors (Lipinski definition) is 1. The van der Waals surface area contributed by atoms with Crippen molar-refractivity contribution in [2.75, 3.05) is 13.7 Å². The Hall–Kier alpha value is -0.420. The number of alkyl halides is 2. The van der Waals surface area contributed by atoms with Gasteiger partial charge in [-0.1, -0.05) is 0 Å². The maximum atomic E-state index is 12.9. The summed E-state index contributed by atoms with van der Waals surface area (Å²) in [5, 5.41) is 0. The molecule has 6 heteroatoms. The summed E-state index contributed by atoms with van der Waals surface area (Å²) in [6, 6.07) is 0. The predicted octanol–water partition coefficient (Wildman–Crippen LogP) is 1.35. The molecular formula is C8H14ClF2NO2. The van der Waals surface area contributed by atoms with Gasteiger partial charge in [0.05, 0.1) is 7.11 Å². The summed E-state index contributed by atoms with van der Waals surface area (Å²) in [6.45, 7) is 0.314. The monoisotopic (exact) mass is 229 g/mol. The zero-order valence-electron chi connectivity index (χ0n) is 7.89. The fourth-order valence-corrected chi connectivity index (χ4v) is 1.53. The Morgan fingerprint density at radius 3 is 2.36 bits per heavy atom. The quantitative estimate of drug-likeness (QED) is 0.741. The van der Waals surface area contributed by atoms with Crippen LogP contribution in [0.25, 0.3) is 0 Å². The van der Waals surface area contributed by atoms with Gasteiger partial charge in [-0.15, -0.1) is 12.4 Å². The smallest absolute Gasteiger partial charge is 0.318 e. The number of methoxy groups -OCH3 is 1. The van der Waals surface area contributed by atoms with Crippen LogP contribution in [0, 0.1) is 5.41 Å². The zero-order chi connectivity index (χ0) is 10.1. The number of ether oxygens (including phenoxy) is 1. The Bertz CT molecular complexity index is 225. The molecular weight excluding hydrogens is 216 g/mol. The lowest BCUT2D eigenvalue weighted by Crippen LogP contribution is -2.25. The molecule has 0 aromatic heterocycles. The van der Waals surface area contributed by atoms with E-state index in [1.165, 1.54) is 0 Å². The molecule has 14 heavy (non-hydrogen) atoms. The minimum atomic E-state index is -2.89. The lowest BCUT2D eigenvalue weighted by Gasteiger charge is -2.12. The van der Waals surface area contributed by atoms with Crippen molar-refractivity contribution in [1.82, 2.24) is 0 Å². The maximum Gasteiger partial charge on any atom is 0.318 e. The van der Waals surface area contributed by atoms with Gasteiger partial charge in [0.2, 0.25) is 0 Å². The van der Waals surface area contributed by atoms with Crippen LogP contribution in [0.3, 0.4) is 0 Å². The zero-order valence-corrected chi connectivity index (χ0v) is 8.70. The first kappa shape index (κ1) is 13.6. The van der Waals surface area contributed by atoms with E-state index in [0.717, 1.165) is 7.11 Å². The van der Waals surface area contributed by atoms with E-state index in [1.54, 1.807) is 0 Å². The van der Waals surface area contributed by atoms with Crippen LogP contribution in [0.5, 0.6) is 0 Å². The summed E-state index contributed by atoms with van der Waals surface area (Å²) < 4.78 is 30.1. The van der Waals surface area contributed by atoms with Crippen molar-refractivity contribution in [3.05, 3.63) is 0 Å². The third kappa shape index (κ3) is 1.98. The molecule has 1 unspecified atom stereocenters. The number of rotatable bonds is 4. The van der Waals surface area contributed by atoms with Gasteiger partial charge < -0.3 is 10.5 Å². The van der Waals surface area contributed by atoms with Crippen LogP contribution >= 0.6 is 12.4 Å². The second-order valence-electron chi connectivity index (χ2n) is 3.35. The van der Waals surface area contributed by atoms with Crippen LogP contribution in [0.4, 0.5) is 8.78 Å². The SMILES string of the molecule is COC(=O)C1(CCCN)CC1(F)F.Cl. The van der Waals surface area contributed by atoms with E-state index in [2.05, 4.69) is 4.74 Å². The molecule has 0 aromatic rings. The Balaban J connectivity index is 0.00000169. The number of halogens is 3. The van der Waals surface area contributed by atoms with Crippen molar-refractivity contribution in [1.29, 1.82) is 0 Å². The van der Waals surface area contributed by atoms with Crippen LogP contribution < -0.4 is 5.73 Å². The van der Waals surface area contributed by atoms with E-state index < -0.39 is 23.7 Å². The van der Waals surface area contributed by atoms with Crippen LogP contribution in [-0.2, 0) is 9.53 Å². The summed E-state index contributed by atoms with van der Waals surface area (Å²) in [5.41, 5.74) is 3.63. The molecule has 1 aliphatic carbocycles. The highest BCUT2D eigenvalue weighted by Crippen LogP contribution is 2.63. The van der Waals surface area contributed by atoms with Crippen LogP contribution in [0.15, 0.2) is 0 Å². The average molecular weight is 230 g/mol. The minimum Gasteiger partial charge on any atom is -0.468 e. The molecule has 1 atom stereocenters. The van der Waals surface area contributed by atoms with Crippen LogP contribution in [0.2, 0.25) is 0 Å². The van der Waals surface area contributed by atoms with Crippen molar-refractivity contribution in [2.24, 2.45) is 11.1 Å². The molecule has 3 nitrogen and oxygen atoms in total. The molecule has 0 amide bonds. The Kier molecular flexibility index (Phi) is 4.27. The van der Waals surface area contributed by atoms with Gasteiger partial charge in [-0.3, -0.25) is 4.79 Å². The molecule has 0 aliphatic heterocycles. The number of nitrogens with two attached hydrogens (primary N) is 1. The van der Waals surface area contributed by atoms with Gasteiger partial charge in [0.25, 0.3) is 5.92 Å².